The smallest absolute Gasteiger partial charge is 0.271 e. The molecule has 0 radical (unpaired) electrons. The van der Waals surface area contributed by atoms with Crippen LogP contribution in [0.3, 0.4) is 0 Å². The summed E-state index contributed by atoms with van der Waals surface area (Å²) in [7, 11) is 0. The Morgan fingerprint density at radius 2 is 1.62 bits per heavy atom. The average Bonchev–Trinajstić information content (AvgIpc) is 2.72. The van der Waals surface area contributed by atoms with E-state index in [0.29, 0.717) is 11.1 Å². The van der Waals surface area contributed by atoms with Gasteiger partial charge in [-0.25, -0.2) is 5.43 Å². The number of hydrogen-bond donors (Lipinski definition) is 3. The van der Waals surface area contributed by atoms with Crippen molar-refractivity contribution < 1.29 is 19.8 Å². The quantitative estimate of drug-likeness (QED) is 0.242. The van der Waals surface area contributed by atoms with Crippen LogP contribution in [-0.2, 0) is 0 Å². The van der Waals surface area contributed by atoms with Crippen LogP contribution in [0.1, 0.15) is 31.8 Å². The van der Waals surface area contributed by atoms with Crippen LogP contribution in [0.2, 0.25) is 10.0 Å². The fourth-order valence-corrected chi connectivity index (χ4v) is 3.09. The minimum Gasteiger partial charge on any atom is -0.504 e. The first kappa shape index (κ1) is 20.4. The molecule has 0 unspecified atom stereocenters. The molecule has 0 fully saturated rings. The number of nitrogens with one attached hydrogen (secondary N) is 1. The molecule has 0 heterocycles. The molecule has 3 aromatic carbocycles. The number of aromatic hydroxyl groups is 2. The zero-order chi connectivity index (χ0) is 21.0. The fraction of sp³-hybridized carbons (Fsp3) is 0. The van der Waals surface area contributed by atoms with Gasteiger partial charge in [-0.3, -0.25) is 9.59 Å². The highest BCUT2D eigenvalue weighted by molar-refractivity contribution is 6.42. The first-order valence-electron chi connectivity index (χ1n) is 8.31. The molecule has 0 spiro atoms. The number of ketones is 1. The van der Waals surface area contributed by atoms with Gasteiger partial charge in [0.25, 0.3) is 5.91 Å². The Kier molecular flexibility index (Phi) is 6.16. The van der Waals surface area contributed by atoms with E-state index in [1.165, 1.54) is 24.4 Å². The van der Waals surface area contributed by atoms with Crippen LogP contribution in [0.5, 0.6) is 11.5 Å². The number of benzene rings is 3. The van der Waals surface area contributed by atoms with E-state index in [1.54, 1.807) is 36.4 Å². The Labute approximate surface area is 176 Å². The van der Waals surface area contributed by atoms with Gasteiger partial charge in [-0.15, -0.1) is 0 Å². The number of phenols is 2. The molecule has 0 aliphatic heterocycles. The third kappa shape index (κ3) is 4.56. The van der Waals surface area contributed by atoms with Crippen molar-refractivity contribution in [1.29, 1.82) is 0 Å². The third-order valence-electron chi connectivity index (χ3n) is 3.99. The molecule has 29 heavy (non-hydrogen) atoms. The second kappa shape index (κ2) is 8.77. The van der Waals surface area contributed by atoms with E-state index in [-0.39, 0.29) is 32.7 Å². The van der Waals surface area contributed by atoms with Crippen molar-refractivity contribution in [2.45, 2.75) is 0 Å². The zero-order valence-corrected chi connectivity index (χ0v) is 16.3. The minimum absolute atomic E-state index is 0.0968. The SMILES string of the molecule is O=C(N/N=C/c1ccc(Cl)c(C(=O)c2ccccc2)c1Cl)c1ccc(O)c(O)c1. The molecule has 6 nitrogen and oxygen atoms in total. The summed E-state index contributed by atoms with van der Waals surface area (Å²) in [5, 5.41) is 22.9. The second-order valence-electron chi connectivity index (χ2n) is 5.92. The lowest BCUT2D eigenvalue weighted by Crippen LogP contribution is -2.17. The number of nitrogens with zero attached hydrogens (tertiary/aromatic N) is 1. The number of hydrogen-bond acceptors (Lipinski definition) is 5. The lowest BCUT2D eigenvalue weighted by Gasteiger charge is -2.09. The monoisotopic (exact) mass is 428 g/mol. The van der Waals surface area contributed by atoms with Crippen LogP contribution in [0.15, 0.2) is 65.8 Å². The van der Waals surface area contributed by atoms with E-state index in [9.17, 15) is 19.8 Å². The Morgan fingerprint density at radius 1 is 0.897 bits per heavy atom. The van der Waals surface area contributed by atoms with Crippen LogP contribution < -0.4 is 5.43 Å². The van der Waals surface area contributed by atoms with E-state index in [0.717, 1.165) is 6.07 Å². The average molecular weight is 429 g/mol. The topological polar surface area (TPSA) is 99.0 Å². The van der Waals surface area contributed by atoms with Gasteiger partial charge in [0.05, 0.1) is 21.8 Å². The number of halogens is 2. The second-order valence-corrected chi connectivity index (χ2v) is 6.71. The number of amides is 1. The van der Waals surface area contributed by atoms with Crippen molar-refractivity contribution >= 4 is 41.1 Å². The molecule has 0 aliphatic rings. The van der Waals surface area contributed by atoms with Crippen molar-refractivity contribution in [3.8, 4) is 11.5 Å². The maximum atomic E-state index is 12.7. The molecule has 0 aromatic heterocycles. The molecule has 3 N–H and O–H groups in total. The molecule has 0 bridgehead atoms. The highest BCUT2D eigenvalue weighted by Crippen LogP contribution is 2.30. The van der Waals surface area contributed by atoms with E-state index in [4.69, 9.17) is 23.2 Å². The summed E-state index contributed by atoms with van der Waals surface area (Å²) in [5.74, 6) is -1.71. The normalized spacial score (nSPS) is 10.8. The van der Waals surface area contributed by atoms with E-state index >= 15 is 0 Å². The van der Waals surface area contributed by atoms with Crippen LogP contribution in [0.4, 0.5) is 0 Å². The van der Waals surface area contributed by atoms with Gasteiger partial charge in [-0.2, -0.15) is 5.10 Å². The zero-order valence-electron chi connectivity index (χ0n) is 14.8. The lowest BCUT2D eigenvalue weighted by molar-refractivity contribution is 0.0954. The van der Waals surface area contributed by atoms with Crippen LogP contribution in [-0.4, -0.2) is 28.1 Å². The summed E-state index contributed by atoms with van der Waals surface area (Å²) in [4.78, 5) is 24.8. The Morgan fingerprint density at radius 3 is 2.31 bits per heavy atom. The Hall–Kier alpha value is -3.35. The summed E-state index contributed by atoms with van der Waals surface area (Å²) >= 11 is 12.5. The number of rotatable bonds is 5. The maximum absolute atomic E-state index is 12.7. The maximum Gasteiger partial charge on any atom is 0.271 e. The Balaban J connectivity index is 1.82. The molecule has 1 amide bonds. The summed E-state index contributed by atoms with van der Waals surface area (Å²) < 4.78 is 0. The summed E-state index contributed by atoms with van der Waals surface area (Å²) in [6.07, 6.45) is 1.28. The number of carbonyl (C=O) groups is 2. The summed E-state index contributed by atoms with van der Waals surface area (Å²) in [5.41, 5.74) is 3.33. The standard InChI is InChI=1S/C21H14Cl2N2O4/c22-15-8-6-14(19(23)18(15)20(28)12-4-2-1-3-5-12)11-24-25-21(29)13-7-9-16(26)17(27)10-13/h1-11,26-27H,(H,25,29)/b24-11+. The van der Waals surface area contributed by atoms with Gasteiger partial charge in [0, 0.05) is 16.7 Å². The van der Waals surface area contributed by atoms with Crippen molar-refractivity contribution in [2.24, 2.45) is 5.10 Å². The van der Waals surface area contributed by atoms with Gasteiger partial charge < -0.3 is 10.2 Å². The van der Waals surface area contributed by atoms with Crippen molar-refractivity contribution in [1.82, 2.24) is 5.43 Å². The number of carbonyl (C=O) groups excluding carboxylic acids is 2. The molecule has 8 heteroatoms. The molecule has 146 valence electrons. The highest BCUT2D eigenvalue weighted by Gasteiger charge is 2.18. The molecule has 3 rings (SSSR count). The first-order chi connectivity index (χ1) is 13.9. The van der Waals surface area contributed by atoms with Crippen LogP contribution in [0.25, 0.3) is 0 Å². The first-order valence-corrected chi connectivity index (χ1v) is 9.07. The van der Waals surface area contributed by atoms with E-state index < -0.39 is 11.7 Å². The van der Waals surface area contributed by atoms with E-state index in [1.807, 2.05) is 0 Å². The number of phenolic OH excluding ortho intramolecular Hbond substituents is 2. The van der Waals surface area contributed by atoms with Gasteiger partial charge in [0.15, 0.2) is 17.3 Å². The van der Waals surface area contributed by atoms with Crippen molar-refractivity contribution in [2.75, 3.05) is 0 Å². The molecule has 0 saturated heterocycles. The highest BCUT2D eigenvalue weighted by atomic mass is 35.5. The summed E-state index contributed by atoms with van der Waals surface area (Å²) in [6, 6.07) is 15.3. The molecule has 0 saturated carbocycles. The fourth-order valence-electron chi connectivity index (χ4n) is 2.50. The van der Waals surface area contributed by atoms with Gasteiger partial charge in [0.1, 0.15) is 0 Å². The largest absolute Gasteiger partial charge is 0.504 e. The van der Waals surface area contributed by atoms with Crippen LogP contribution in [0, 0.1) is 0 Å². The minimum atomic E-state index is -0.609. The molecular formula is C21H14Cl2N2O4. The lowest BCUT2D eigenvalue weighted by atomic mass is 10.0. The molecule has 3 aromatic rings. The molecule has 0 atom stereocenters. The Bertz CT molecular complexity index is 1120. The predicted octanol–water partition coefficient (Wildman–Crippen LogP) is 4.40. The van der Waals surface area contributed by atoms with Gasteiger partial charge >= 0.3 is 0 Å². The molecular weight excluding hydrogens is 415 g/mol. The summed E-state index contributed by atoms with van der Waals surface area (Å²) in [6.45, 7) is 0. The predicted molar refractivity (Wildman–Crippen MR) is 111 cm³/mol. The van der Waals surface area contributed by atoms with E-state index in [2.05, 4.69) is 10.5 Å². The van der Waals surface area contributed by atoms with Gasteiger partial charge in [-0.05, 0) is 24.3 Å². The van der Waals surface area contributed by atoms with Gasteiger partial charge in [-0.1, -0.05) is 59.6 Å². The third-order valence-corrected chi connectivity index (χ3v) is 4.71. The van der Waals surface area contributed by atoms with Crippen molar-refractivity contribution in [3.63, 3.8) is 0 Å². The van der Waals surface area contributed by atoms with Crippen molar-refractivity contribution in [3.05, 3.63) is 93.0 Å². The van der Waals surface area contributed by atoms with Gasteiger partial charge in [0.2, 0.25) is 0 Å². The van der Waals surface area contributed by atoms with Crippen LogP contribution >= 0.6 is 23.2 Å². The molecule has 0 aliphatic carbocycles. The number of hydrazone groups is 1.